The summed E-state index contributed by atoms with van der Waals surface area (Å²) in [5.74, 6) is 1.83. The second kappa shape index (κ2) is 5.55. The van der Waals surface area contributed by atoms with Crippen molar-refractivity contribution in [2.75, 3.05) is 6.61 Å². The van der Waals surface area contributed by atoms with Gasteiger partial charge in [-0.1, -0.05) is 17.3 Å². The molecule has 0 fully saturated rings. The van der Waals surface area contributed by atoms with Gasteiger partial charge < -0.3 is 14.6 Å². The van der Waals surface area contributed by atoms with Crippen LogP contribution in [0, 0.1) is 6.92 Å². The second-order valence-electron chi connectivity index (χ2n) is 5.19. The number of benzene rings is 1. The highest BCUT2D eigenvalue weighted by Gasteiger charge is 2.17. The number of aromatic nitrogens is 2. The number of fused-ring (bicyclic) bond motifs is 1. The number of rotatable bonds is 4. The fraction of sp³-hybridized carbons (Fsp3) is 0.400. The summed E-state index contributed by atoms with van der Waals surface area (Å²) in [6.45, 7) is 4.29. The van der Waals surface area contributed by atoms with Gasteiger partial charge in [-0.2, -0.15) is 4.98 Å². The minimum atomic E-state index is -0.295. The van der Waals surface area contributed by atoms with Gasteiger partial charge in [-0.05, 0) is 31.0 Å². The lowest BCUT2D eigenvalue weighted by Gasteiger charge is -2.10. The SMILES string of the molecule is Cc1noc([C@H](C)NC(=O)Cc2ccc3c(c2)CCO3)n1. The Balaban J connectivity index is 1.61. The smallest absolute Gasteiger partial charge is 0.248 e. The third-order valence-corrected chi connectivity index (χ3v) is 3.41. The van der Waals surface area contributed by atoms with Crippen molar-refractivity contribution in [1.82, 2.24) is 15.5 Å². The van der Waals surface area contributed by atoms with Gasteiger partial charge in [0.1, 0.15) is 11.8 Å². The molecule has 6 heteroatoms. The van der Waals surface area contributed by atoms with Crippen molar-refractivity contribution < 1.29 is 14.1 Å². The Kier molecular flexibility index (Phi) is 3.60. The number of nitrogens with zero attached hydrogens (tertiary/aromatic N) is 2. The largest absolute Gasteiger partial charge is 0.493 e. The van der Waals surface area contributed by atoms with Crippen LogP contribution < -0.4 is 10.1 Å². The molecule has 0 saturated heterocycles. The van der Waals surface area contributed by atoms with E-state index >= 15 is 0 Å². The molecule has 2 aromatic rings. The topological polar surface area (TPSA) is 77.2 Å². The van der Waals surface area contributed by atoms with E-state index in [1.54, 1.807) is 6.92 Å². The highest BCUT2D eigenvalue weighted by molar-refractivity contribution is 5.79. The van der Waals surface area contributed by atoms with Gasteiger partial charge in [0.2, 0.25) is 11.8 Å². The molecule has 1 N–H and O–H groups in total. The van der Waals surface area contributed by atoms with Gasteiger partial charge in [0.25, 0.3) is 0 Å². The Bertz CT molecular complexity index is 666. The van der Waals surface area contributed by atoms with Crippen LogP contribution in [0.25, 0.3) is 0 Å². The Labute approximate surface area is 122 Å². The number of aryl methyl sites for hydroxylation is 1. The van der Waals surface area contributed by atoms with Crippen LogP contribution >= 0.6 is 0 Å². The van der Waals surface area contributed by atoms with Crippen molar-refractivity contribution in [2.24, 2.45) is 0 Å². The third-order valence-electron chi connectivity index (χ3n) is 3.41. The Morgan fingerprint density at radius 1 is 1.48 bits per heavy atom. The number of nitrogens with one attached hydrogen (secondary N) is 1. The van der Waals surface area contributed by atoms with E-state index in [1.165, 1.54) is 5.56 Å². The molecule has 2 heterocycles. The van der Waals surface area contributed by atoms with Gasteiger partial charge in [-0.25, -0.2) is 0 Å². The molecule has 6 nitrogen and oxygen atoms in total. The number of carbonyl (C=O) groups excluding carboxylic acids is 1. The molecule has 0 bridgehead atoms. The molecular weight excluding hydrogens is 270 g/mol. The van der Waals surface area contributed by atoms with Gasteiger partial charge >= 0.3 is 0 Å². The predicted octanol–water partition coefficient (Wildman–Crippen LogP) is 1.73. The quantitative estimate of drug-likeness (QED) is 0.926. The maximum Gasteiger partial charge on any atom is 0.248 e. The maximum atomic E-state index is 12.1. The van der Waals surface area contributed by atoms with Crippen molar-refractivity contribution in [1.29, 1.82) is 0 Å². The highest BCUT2D eigenvalue weighted by Crippen LogP contribution is 2.26. The first-order valence-corrected chi connectivity index (χ1v) is 6.96. The summed E-state index contributed by atoms with van der Waals surface area (Å²) in [5, 5.41) is 6.58. The summed E-state index contributed by atoms with van der Waals surface area (Å²) in [6.07, 6.45) is 1.23. The molecule has 0 saturated carbocycles. The number of amides is 1. The fourth-order valence-corrected chi connectivity index (χ4v) is 2.38. The van der Waals surface area contributed by atoms with Gasteiger partial charge in [-0.3, -0.25) is 4.79 Å². The lowest BCUT2D eigenvalue weighted by atomic mass is 10.1. The van der Waals surface area contributed by atoms with Crippen LogP contribution in [0.1, 0.15) is 35.8 Å². The van der Waals surface area contributed by atoms with E-state index in [2.05, 4.69) is 15.5 Å². The van der Waals surface area contributed by atoms with E-state index in [9.17, 15) is 4.79 Å². The standard InChI is InChI=1S/C15H17N3O3/c1-9(15-17-10(2)18-21-15)16-14(19)8-11-3-4-13-12(7-11)5-6-20-13/h3-4,7,9H,5-6,8H2,1-2H3,(H,16,19)/t9-/m0/s1. The minimum Gasteiger partial charge on any atom is -0.493 e. The van der Waals surface area contributed by atoms with Crippen molar-refractivity contribution in [2.45, 2.75) is 32.7 Å². The zero-order chi connectivity index (χ0) is 14.8. The summed E-state index contributed by atoms with van der Waals surface area (Å²) in [7, 11) is 0. The summed E-state index contributed by atoms with van der Waals surface area (Å²) in [6, 6.07) is 5.58. The van der Waals surface area contributed by atoms with Crippen molar-refractivity contribution in [3.05, 3.63) is 41.0 Å². The van der Waals surface area contributed by atoms with E-state index in [0.717, 1.165) is 24.3 Å². The van der Waals surface area contributed by atoms with Crippen LogP contribution in [-0.2, 0) is 17.6 Å². The first-order valence-electron chi connectivity index (χ1n) is 6.96. The minimum absolute atomic E-state index is 0.0720. The summed E-state index contributed by atoms with van der Waals surface area (Å²) >= 11 is 0. The molecule has 0 aliphatic carbocycles. The molecule has 21 heavy (non-hydrogen) atoms. The Morgan fingerprint density at radius 3 is 3.10 bits per heavy atom. The lowest BCUT2D eigenvalue weighted by molar-refractivity contribution is -0.121. The predicted molar refractivity (Wildman–Crippen MR) is 74.9 cm³/mol. The molecule has 1 aliphatic rings. The van der Waals surface area contributed by atoms with Gasteiger partial charge in [0, 0.05) is 6.42 Å². The van der Waals surface area contributed by atoms with Crippen LogP contribution in [0.2, 0.25) is 0 Å². The normalized spacial score (nSPS) is 14.4. The van der Waals surface area contributed by atoms with Crippen LogP contribution in [0.5, 0.6) is 5.75 Å². The zero-order valence-electron chi connectivity index (χ0n) is 12.0. The summed E-state index contributed by atoms with van der Waals surface area (Å²) in [4.78, 5) is 16.2. The van der Waals surface area contributed by atoms with Crippen molar-refractivity contribution in [3.63, 3.8) is 0 Å². The first-order chi connectivity index (χ1) is 10.1. The summed E-state index contributed by atoms with van der Waals surface area (Å²) in [5.41, 5.74) is 2.14. The lowest BCUT2D eigenvalue weighted by Crippen LogP contribution is -2.28. The Hall–Kier alpha value is -2.37. The molecule has 1 aliphatic heterocycles. The number of ether oxygens (including phenoxy) is 1. The maximum absolute atomic E-state index is 12.1. The monoisotopic (exact) mass is 287 g/mol. The number of hydrogen-bond donors (Lipinski definition) is 1. The molecule has 110 valence electrons. The molecule has 0 radical (unpaired) electrons. The molecule has 1 aromatic heterocycles. The van der Waals surface area contributed by atoms with E-state index in [1.807, 2.05) is 25.1 Å². The van der Waals surface area contributed by atoms with Crippen LogP contribution in [0.15, 0.2) is 22.7 Å². The molecule has 1 aromatic carbocycles. The van der Waals surface area contributed by atoms with E-state index in [4.69, 9.17) is 9.26 Å². The van der Waals surface area contributed by atoms with Gasteiger partial charge in [-0.15, -0.1) is 0 Å². The van der Waals surface area contributed by atoms with E-state index in [-0.39, 0.29) is 11.9 Å². The zero-order valence-corrected chi connectivity index (χ0v) is 12.0. The van der Waals surface area contributed by atoms with Crippen molar-refractivity contribution in [3.8, 4) is 5.75 Å². The molecule has 3 rings (SSSR count). The molecule has 1 atom stereocenters. The van der Waals surface area contributed by atoms with Crippen LogP contribution in [0.3, 0.4) is 0 Å². The molecular formula is C15H17N3O3. The van der Waals surface area contributed by atoms with Crippen molar-refractivity contribution >= 4 is 5.91 Å². The van der Waals surface area contributed by atoms with Crippen LogP contribution in [0.4, 0.5) is 0 Å². The molecule has 0 unspecified atom stereocenters. The molecule has 0 spiro atoms. The second-order valence-corrected chi connectivity index (χ2v) is 5.19. The van der Waals surface area contributed by atoms with E-state index in [0.29, 0.717) is 18.1 Å². The average Bonchev–Trinajstić information content (AvgIpc) is 3.06. The average molecular weight is 287 g/mol. The van der Waals surface area contributed by atoms with Crippen LogP contribution in [-0.4, -0.2) is 22.7 Å². The van der Waals surface area contributed by atoms with Gasteiger partial charge in [0.05, 0.1) is 13.0 Å². The van der Waals surface area contributed by atoms with Gasteiger partial charge in [0.15, 0.2) is 5.82 Å². The fourth-order valence-electron chi connectivity index (χ4n) is 2.38. The Morgan fingerprint density at radius 2 is 2.33 bits per heavy atom. The summed E-state index contributed by atoms with van der Waals surface area (Å²) < 4.78 is 10.5. The number of carbonyl (C=O) groups is 1. The number of hydrogen-bond acceptors (Lipinski definition) is 5. The molecule has 1 amide bonds. The van der Waals surface area contributed by atoms with E-state index < -0.39 is 0 Å². The third kappa shape index (κ3) is 3.04. The first kappa shape index (κ1) is 13.6. The highest BCUT2D eigenvalue weighted by atomic mass is 16.5.